The topological polar surface area (TPSA) is 144 Å². The van der Waals surface area contributed by atoms with E-state index in [9.17, 15) is 9.59 Å². The van der Waals surface area contributed by atoms with Gasteiger partial charge in [-0.05, 0) is 59.1 Å². The van der Waals surface area contributed by atoms with E-state index in [0.29, 0.717) is 17.3 Å². The van der Waals surface area contributed by atoms with Gasteiger partial charge in [-0.25, -0.2) is 9.78 Å². The Bertz CT molecular complexity index is 1020. The molecule has 0 radical (unpaired) electrons. The van der Waals surface area contributed by atoms with Crippen molar-refractivity contribution in [1.29, 1.82) is 0 Å². The summed E-state index contributed by atoms with van der Waals surface area (Å²) in [7, 11) is 0. The van der Waals surface area contributed by atoms with E-state index in [4.69, 9.17) is 10.5 Å². The summed E-state index contributed by atoms with van der Waals surface area (Å²) in [5, 5.41) is 17.6. The fourth-order valence-corrected chi connectivity index (χ4v) is 3.70. The van der Waals surface area contributed by atoms with Crippen molar-refractivity contribution in [2.75, 3.05) is 10.6 Å². The molecule has 0 spiro atoms. The van der Waals surface area contributed by atoms with Crippen molar-refractivity contribution in [2.45, 2.75) is 78.0 Å². The summed E-state index contributed by atoms with van der Waals surface area (Å²) in [5.74, 6) is 0.346. The van der Waals surface area contributed by atoms with Crippen LogP contribution in [0.15, 0.2) is 18.2 Å². The van der Waals surface area contributed by atoms with Gasteiger partial charge in [0.05, 0.1) is 11.7 Å². The summed E-state index contributed by atoms with van der Waals surface area (Å²) < 4.78 is 5.41. The van der Waals surface area contributed by atoms with Crippen LogP contribution >= 0.6 is 0 Å². The van der Waals surface area contributed by atoms with Gasteiger partial charge in [0.15, 0.2) is 11.5 Å². The molecule has 2 atom stereocenters. The lowest BCUT2D eigenvalue weighted by molar-refractivity contribution is 0.0488. The SMILES string of the molecule is Cc1ccc(Nc2cc(N[C@@H]3CCCC[C@@H]3NC(=O)OC(C)(C)C)nnc2C(N)=O)nc1C. The lowest BCUT2D eigenvalue weighted by atomic mass is 9.90. The molecular formula is C23H33N7O3. The van der Waals surface area contributed by atoms with E-state index in [0.717, 1.165) is 36.9 Å². The van der Waals surface area contributed by atoms with E-state index >= 15 is 0 Å². The van der Waals surface area contributed by atoms with Gasteiger partial charge in [-0.1, -0.05) is 18.9 Å². The summed E-state index contributed by atoms with van der Waals surface area (Å²) in [4.78, 5) is 28.7. The van der Waals surface area contributed by atoms with Crippen molar-refractivity contribution in [2.24, 2.45) is 5.73 Å². The molecule has 1 aliphatic rings. The highest BCUT2D eigenvalue weighted by Gasteiger charge is 2.29. The zero-order valence-electron chi connectivity index (χ0n) is 19.9. The molecule has 10 heteroatoms. The van der Waals surface area contributed by atoms with Crippen LogP contribution in [0.2, 0.25) is 0 Å². The van der Waals surface area contributed by atoms with Gasteiger partial charge in [0, 0.05) is 17.8 Å². The summed E-state index contributed by atoms with van der Waals surface area (Å²) in [6.45, 7) is 9.38. The van der Waals surface area contributed by atoms with Crippen LogP contribution in [0.1, 0.15) is 68.2 Å². The van der Waals surface area contributed by atoms with E-state index in [-0.39, 0.29) is 17.8 Å². The van der Waals surface area contributed by atoms with E-state index in [1.807, 2.05) is 46.8 Å². The Morgan fingerprint density at radius 2 is 1.76 bits per heavy atom. The second-order valence-electron chi connectivity index (χ2n) is 9.37. The predicted octanol–water partition coefficient (Wildman–Crippen LogP) is 3.58. The van der Waals surface area contributed by atoms with Gasteiger partial charge in [0.2, 0.25) is 0 Å². The van der Waals surface area contributed by atoms with Crippen molar-refractivity contribution in [3.8, 4) is 0 Å². The lowest BCUT2D eigenvalue weighted by Crippen LogP contribution is -2.49. The average molecular weight is 456 g/mol. The van der Waals surface area contributed by atoms with Gasteiger partial charge >= 0.3 is 6.09 Å². The average Bonchev–Trinajstić information content (AvgIpc) is 2.71. The number of nitrogens with two attached hydrogens (primary N) is 1. The Hall–Kier alpha value is -3.43. The first-order valence-corrected chi connectivity index (χ1v) is 11.2. The number of rotatable bonds is 6. The molecule has 3 rings (SSSR count). The van der Waals surface area contributed by atoms with E-state index in [1.54, 1.807) is 6.07 Å². The number of hydrogen-bond acceptors (Lipinski definition) is 8. The number of nitrogens with one attached hydrogen (secondary N) is 3. The first-order chi connectivity index (χ1) is 15.5. The molecule has 0 aliphatic heterocycles. The number of primary amides is 1. The van der Waals surface area contributed by atoms with Crippen molar-refractivity contribution in [3.63, 3.8) is 0 Å². The van der Waals surface area contributed by atoms with Crippen molar-refractivity contribution >= 4 is 29.3 Å². The zero-order valence-corrected chi connectivity index (χ0v) is 19.9. The quantitative estimate of drug-likeness (QED) is 0.517. The number of amides is 2. The Morgan fingerprint density at radius 1 is 1.06 bits per heavy atom. The molecule has 1 saturated carbocycles. The van der Waals surface area contributed by atoms with E-state index < -0.39 is 17.6 Å². The highest BCUT2D eigenvalue weighted by molar-refractivity contribution is 5.97. The molecule has 0 aromatic carbocycles. The maximum Gasteiger partial charge on any atom is 0.407 e. The Kier molecular flexibility index (Phi) is 7.35. The number of pyridine rings is 1. The van der Waals surface area contributed by atoms with Crippen molar-refractivity contribution < 1.29 is 14.3 Å². The van der Waals surface area contributed by atoms with Gasteiger partial charge in [-0.15, -0.1) is 10.2 Å². The number of aromatic nitrogens is 3. The molecule has 178 valence electrons. The van der Waals surface area contributed by atoms with Crippen LogP contribution < -0.4 is 21.7 Å². The van der Waals surface area contributed by atoms with Crippen LogP contribution in [-0.4, -0.2) is 44.9 Å². The molecular weight excluding hydrogens is 422 g/mol. The maximum absolute atomic E-state index is 12.3. The number of anilines is 3. The third-order valence-corrected chi connectivity index (χ3v) is 5.44. The first kappa shape index (κ1) is 24.2. The molecule has 1 fully saturated rings. The molecule has 0 saturated heterocycles. The molecule has 2 heterocycles. The number of hydrogen-bond donors (Lipinski definition) is 4. The van der Waals surface area contributed by atoms with Gasteiger partial charge in [0.1, 0.15) is 11.4 Å². The van der Waals surface area contributed by atoms with Crippen LogP contribution in [-0.2, 0) is 4.74 Å². The summed E-state index contributed by atoms with van der Waals surface area (Å²) in [6.07, 6.45) is 3.26. The van der Waals surface area contributed by atoms with E-state index in [2.05, 4.69) is 31.1 Å². The van der Waals surface area contributed by atoms with E-state index in [1.165, 1.54) is 0 Å². The summed E-state index contributed by atoms with van der Waals surface area (Å²) >= 11 is 0. The molecule has 33 heavy (non-hydrogen) atoms. The largest absolute Gasteiger partial charge is 0.444 e. The minimum atomic E-state index is -0.692. The number of carbonyl (C=O) groups is 2. The molecule has 1 aliphatic carbocycles. The Labute approximate surface area is 194 Å². The number of ether oxygens (including phenoxy) is 1. The number of aryl methyl sites for hydroxylation is 2. The van der Waals surface area contributed by atoms with Gasteiger partial charge in [-0.2, -0.15) is 0 Å². The normalized spacial score (nSPS) is 18.3. The Morgan fingerprint density at radius 3 is 2.39 bits per heavy atom. The zero-order chi connectivity index (χ0) is 24.2. The van der Waals surface area contributed by atoms with Gasteiger partial charge in [-0.3, -0.25) is 4.79 Å². The smallest absolute Gasteiger partial charge is 0.407 e. The van der Waals surface area contributed by atoms with Gasteiger partial charge in [0.25, 0.3) is 5.91 Å². The highest BCUT2D eigenvalue weighted by Crippen LogP contribution is 2.25. The van der Waals surface area contributed by atoms with Crippen LogP contribution in [0.3, 0.4) is 0 Å². The number of nitrogens with zero attached hydrogens (tertiary/aromatic N) is 3. The fourth-order valence-electron chi connectivity index (χ4n) is 3.70. The molecule has 0 unspecified atom stereocenters. The molecule has 10 nitrogen and oxygen atoms in total. The number of carbonyl (C=O) groups excluding carboxylic acids is 2. The third-order valence-electron chi connectivity index (χ3n) is 5.44. The van der Waals surface area contributed by atoms with Crippen LogP contribution in [0.5, 0.6) is 0 Å². The molecule has 0 bridgehead atoms. The standard InChI is InChI=1S/C23H33N7O3/c1-13-10-11-18(25-14(13)2)27-17-12-19(29-30-20(17)21(24)31)26-15-8-6-7-9-16(15)28-22(32)33-23(3,4)5/h10-12,15-16H,6-9H2,1-5H3,(H2,24,31)(H,28,32)(H2,25,26,27,29)/t15-,16+/m1/s1. The molecule has 2 aromatic rings. The predicted molar refractivity (Wildman–Crippen MR) is 127 cm³/mol. The minimum absolute atomic E-state index is 0.0210. The van der Waals surface area contributed by atoms with Crippen LogP contribution in [0.25, 0.3) is 0 Å². The third kappa shape index (κ3) is 6.77. The highest BCUT2D eigenvalue weighted by atomic mass is 16.6. The second kappa shape index (κ2) is 10.0. The molecule has 2 amide bonds. The summed E-state index contributed by atoms with van der Waals surface area (Å²) in [6, 6.07) is 5.26. The number of alkyl carbamates (subject to hydrolysis) is 1. The maximum atomic E-state index is 12.3. The lowest BCUT2D eigenvalue weighted by Gasteiger charge is -2.33. The summed E-state index contributed by atoms with van der Waals surface area (Å²) in [5.41, 5.74) is 7.29. The Balaban J connectivity index is 1.78. The molecule has 2 aromatic heterocycles. The minimum Gasteiger partial charge on any atom is -0.444 e. The second-order valence-corrected chi connectivity index (χ2v) is 9.37. The fraction of sp³-hybridized carbons (Fsp3) is 0.522. The first-order valence-electron chi connectivity index (χ1n) is 11.2. The van der Waals surface area contributed by atoms with Crippen molar-refractivity contribution in [1.82, 2.24) is 20.5 Å². The van der Waals surface area contributed by atoms with Crippen LogP contribution in [0.4, 0.5) is 22.1 Å². The van der Waals surface area contributed by atoms with Crippen molar-refractivity contribution in [3.05, 3.63) is 35.2 Å². The molecule has 5 N–H and O–H groups in total. The van der Waals surface area contributed by atoms with Gasteiger partial charge < -0.3 is 26.4 Å². The van der Waals surface area contributed by atoms with Crippen LogP contribution in [0, 0.1) is 13.8 Å². The monoisotopic (exact) mass is 455 g/mol.